The molecule has 0 amide bonds. The van der Waals surface area contributed by atoms with Crippen molar-refractivity contribution in [3.63, 3.8) is 0 Å². The number of hydrogen-bond acceptors (Lipinski definition) is 4. The Kier molecular flexibility index (Phi) is 5.19. The molecule has 0 atom stereocenters. The Hall–Kier alpha value is -2.64. The second kappa shape index (κ2) is 7.77. The maximum absolute atomic E-state index is 14.6. The number of rotatable bonds is 3. The molecule has 142 valence electrons. The summed E-state index contributed by atoms with van der Waals surface area (Å²) in [5.41, 5.74) is 1.72. The lowest BCUT2D eigenvalue weighted by molar-refractivity contribution is 0.498. The Balaban J connectivity index is 1.73. The molecule has 1 heterocycles. The molecule has 0 aromatic heterocycles. The molecular weight excluding hydrogens is 407 g/mol. The van der Waals surface area contributed by atoms with E-state index in [2.05, 4.69) is 15.0 Å². The number of hydrogen-bond donors (Lipinski definition) is 2. The fraction of sp³-hybridized carbons (Fsp3) is 0.0500. The van der Waals surface area contributed by atoms with Crippen molar-refractivity contribution >= 4 is 40.9 Å². The molecule has 0 aliphatic carbocycles. The number of halogens is 4. The third-order valence-corrected chi connectivity index (χ3v) is 5.36. The molecular formula is C20H13ClF3N3S. The van der Waals surface area contributed by atoms with Gasteiger partial charge >= 0.3 is 0 Å². The van der Waals surface area contributed by atoms with Crippen LogP contribution in [0.4, 0.5) is 24.5 Å². The van der Waals surface area contributed by atoms with E-state index in [0.29, 0.717) is 32.8 Å². The molecule has 28 heavy (non-hydrogen) atoms. The first kappa shape index (κ1) is 18.7. The maximum Gasteiger partial charge on any atom is 0.211 e. The first-order valence-electron chi connectivity index (χ1n) is 8.29. The van der Waals surface area contributed by atoms with E-state index in [1.165, 1.54) is 12.1 Å². The van der Waals surface area contributed by atoms with Gasteiger partial charge in [-0.1, -0.05) is 29.8 Å². The summed E-state index contributed by atoms with van der Waals surface area (Å²) in [6, 6.07) is 13.8. The summed E-state index contributed by atoms with van der Waals surface area (Å²) in [6.07, 6.45) is 0.0967. The average Bonchev–Trinajstić information content (AvgIpc) is 2.69. The van der Waals surface area contributed by atoms with Gasteiger partial charge in [0, 0.05) is 22.7 Å². The molecule has 3 aromatic carbocycles. The summed E-state index contributed by atoms with van der Waals surface area (Å²) in [4.78, 5) is 4.88. The fourth-order valence-corrected chi connectivity index (χ4v) is 3.73. The monoisotopic (exact) mass is 419 g/mol. The molecule has 0 bridgehead atoms. The van der Waals surface area contributed by atoms with Gasteiger partial charge in [0.2, 0.25) is 5.96 Å². The van der Waals surface area contributed by atoms with E-state index in [-0.39, 0.29) is 17.8 Å². The number of benzene rings is 3. The van der Waals surface area contributed by atoms with Crippen LogP contribution in [0, 0.1) is 17.5 Å². The highest BCUT2D eigenvalue weighted by molar-refractivity contribution is 7.98. The van der Waals surface area contributed by atoms with Gasteiger partial charge in [0.1, 0.15) is 5.82 Å². The van der Waals surface area contributed by atoms with Crippen molar-refractivity contribution in [3.05, 3.63) is 88.2 Å². The molecule has 0 fully saturated rings. The van der Waals surface area contributed by atoms with Crippen molar-refractivity contribution in [2.75, 3.05) is 5.32 Å². The van der Waals surface area contributed by atoms with Gasteiger partial charge < -0.3 is 5.32 Å². The fourth-order valence-electron chi connectivity index (χ4n) is 2.80. The van der Waals surface area contributed by atoms with Crippen LogP contribution in [-0.4, -0.2) is 5.96 Å². The van der Waals surface area contributed by atoms with Gasteiger partial charge in [-0.3, -0.25) is 4.72 Å². The van der Waals surface area contributed by atoms with Crippen LogP contribution in [-0.2, 0) is 6.42 Å². The normalized spacial score (nSPS) is 12.8. The van der Waals surface area contributed by atoms with E-state index in [1.807, 2.05) is 0 Å². The third kappa shape index (κ3) is 3.81. The highest BCUT2D eigenvalue weighted by Gasteiger charge is 2.23. The molecule has 0 saturated carbocycles. The summed E-state index contributed by atoms with van der Waals surface area (Å²) in [6.45, 7) is 0. The minimum absolute atomic E-state index is 0.0967. The van der Waals surface area contributed by atoms with E-state index in [4.69, 9.17) is 11.6 Å². The minimum atomic E-state index is -0.953. The van der Waals surface area contributed by atoms with Gasteiger partial charge in [0.05, 0.1) is 10.6 Å². The van der Waals surface area contributed by atoms with Gasteiger partial charge in [-0.05, 0) is 53.9 Å². The Morgan fingerprint density at radius 1 is 1.04 bits per heavy atom. The van der Waals surface area contributed by atoms with Crippen molar-refractivity contribution in [2.45, 2.75) is 11.3 Å². The molecule has 0 radical (unpaired) electrons. The largest absolute Gasteiger partial charge is 0.325 e. The van der Waals surface area contributed by atoms with Gasteiger partial charge in [-0.25, -0.2) is 18.2 Å². The standard InChI is InChI=1S/C20H13ClF3N3S/c21-15-4-2-1-3-11(15)9-14-18(24)16(23)10-17-19(14)26-20(27-28-17)25-13-7-5-12(22)6-8-13/h1-8,10H,9H2,(H2,25,26,27). The van der Waals surface area contributed by atoms with Crippen LogP contribution in [0.3, 0.4) is 0 Å². The van der Waals surface area contributed by atoms with Crippen molar-refractivity contribution in [1.29, 1.82) is 0 Å². The number of anilines is 1. The lowest BCUT2D eigenvalue weighted by Crippen LogP contribution is -2.27. The van der Waals surface area contributed by atoms with Crippen LogP contribution in [0.15, 0.2) is 64.5 Å². The lowest BCUT2D eigenvalue weighted by atomic mass is 10.0. The molecule has 2 N–H and O–H groups in total. The van der Waals surface area contributed by atoms with Crippen molar-refractivity contribution in [1.82, 2.24) is 4.72 Å². The van der Waals surface area contributed by atoms with Crippen LogP contribution in [0.2, 0.25) is 5.02 Å². The van der Waals surface area contributed by atoms with Gasteiger partial charge in [-0.2, -0.15) is 0 Å². The topological polar surface area (TPSA) is 36.4 Å². The quantitative estimate of drug-likeness (QED) is 0.507. The zero-order valence-corrected chi connectivity index (χ0v) is 15.8. The van der Waals surface area contributed by atoms with E-state index in [0.717, 1.165) is 18.0 Å². The van der Waals surface area contributed by atoms with Crippen molar-refractivity contribution in [3.8, 4) is 0 Å². The maximum atomic E-state index is 14.6. The van der Waals surface area contributed by atoms with Gasteiger partial charge in [-0.15, -0.1) is 0 Å². The van der Waals surface area contributed by atoms with Crippen LogP contribution in [0.1, 0.15) is 11.1 Å². The molecule has 1 aliphatic heterocycles. The van der Waals surface area contributed by atoms with E-state index in [9.17, 15) is 13.2 Å². The molecule has 4 rings (SSSR count). The van der Waals surface area contributed by atoms with Gasteiger partial charge in [0.25, 0.3) is 0 Å². The number of aliphatic imine (C=N–C) groups is 1. The number of guanidine groups is 1. The third-order valence-electron chi connectivity index (χ3n) is 4.16. The second-order valence-electron chi connectivity index (χ2n) is 6.06. The summed E-state index contributed by atoms with van der Waals surface area (Å²) < 4.78 is 44.7. The summed E-state index contributed by atoms with van der Waals surface area (Å²) in [5, 5.41) is 3.46. The smallest absolute Gasteiger partial charge is 0.211 e. The predicted molar refractivity (Wildman–Crippen MR) is 107 cm³/mol. The first-order chi connectivity index (χ1) is 13.5. The number of nitrogens with one attached hydrogen (secondary N) is 2. The van der Waals surface area contributed by atoms with Crippen LogP contribution < -0.4 is 10.0 Å². The Morgan fingerprint density at radius 2 is 1.79 bits per heavy atom. The summed E-state index contributed by atoms with van der Waals surface area (Å²) in [7, 11) is 0. The molecule has 1 aliphatic rings. The molecule has 0 saturated heterocycles. The molecule has 0 spiro atoms. The number of nitrogens with zero attached hydrogens (tertiary/aromatic N) is 1. The highest BCUT2D eigenvalue weighted by atomic mass is 35.5. The Bertz CT molecular complexity index is 1070. The predicted octanol–water partition coefficient (Wildman–Crippen LogP) is 6.06. The Labute approximate surface area is 168 Å². The van der Waals surface area contributed by atoms with Crippen LogP contribution in [0.5, 0.6) is 0 Å². The van der Waals surface area contributed by atoms with Gasteiger partial charge in [0.15, 0.2) is 11.6 Å². The zero-order chi connectivity index (χ0) is 19.7. The summed E-state index contributed by atoms with van der Waals surface area (Å²) in [5.74, 6) is -1.93. The van der Waals surface area contributed by atoms with Crippen LogP contribution >= 0.6 is 23.5 Å². The van der Waals surface area contributed by atoms with E-state index in [1.54, 1.807) is 36.4 Å². The Morgan fingerprint density at radius 3 is 2.54 bits per heavy atom. The minimum Gasteiger partial charge on any atom is -0.325 e. The average molecular weight is 420 g/mol. The summed E-state index contributed by atoms with van der Waals surface area (Å²) >= 11 is 7.30. The van der Waals surface area contributed by atoms with Crippen molar-refractivity contribution in [2.24, 2.45) is 4.99 Å². The highest BCUT2D eigenvalue weighted by Crippen LogP contribution is 2.39. The van der Waals surface area contributed by atoms with E-state index < -0.39 is 11.6 Å². The molecule has 3 aromatic rings. The second-order valence-corrected chi connectivity index (χ2v) is 7.32. The SMILES string of the molecule is Fc1ccc(NC2=Nc3c(cc(F)c(F)c3Cc3ccccc3Cl)SN2)cc1. The van der Waals surface area contributed by atoms with E-state index >= 15 is 0 Å². The lowest BCUT2D eigenvalue weighted by Gasteiger charge is -2.21. The number of fused-ring (bicyclic) bond motifs is 1. The van der Waals surface area contributed by atoms with Crippen molar-refractivity contribution < 1.29 is 13.2 Å². The molecule has 3 nitrogen and oxygen atoms in total. The molecule has 0 unspecified atom stereocenters. The molecule has 8 heteroatoms. The zero-order valence-electron chi connectivity index (χ0n) is 14.3. The first-order valence-corrected chi connectivity index (χ1v) is 9.49. The van der Waals surface area contributed by atoms with Crippen LogP contribution in [0.25, 0.3) is 0 Å².